The molecule has 2 aromatic heterocycles. The van der Waals surface area contributed by atoms with Crippen LogP contribution in [0.5, 0.6) is 0 Å². The van der Waals surface area contributed by atoms with E-state index in [2.05, 4.69) is 20.3 Å². The molecule has 4 rings (SSSR count). The van der Waals surface area contributed by atoms with Crippen molar-refractivity contribution in [2.24, 2.45) is 0 Å². The van der Waals surface area contributed by atoms with Crippen molar-refractivity contribution in [3.05, 3.63) is 53.6 Å². The number of nitrogens with one attached hydrogen (secondary N) is 2. The lowest BCUT2D eigenvalue weighted by atomic mass is 10.0. The number of halogens is 3. The van der Waals surface area contributed by atoms with Crippen LogP contribution < -0.4 is 10.2 Å². The second-order valence-corrected chi connectivity index (χ2v) is 7.84. The normalized spacial score (nSPS) is 15.4. The topological polar surface area (TPSA) is 73.9 Å². The van der Waals surface area contributed by atoms with Gasteiger partial charge in [0.05, 0.1) is 0 Å². The summed E-state index contributed by atoms with van der Waals surface area (Å²) in [7, 11) is 0. The largest absolute Gasteiger partial charge is 0.433 e. The molecule has 0 spiro atoms. The smallest absolute Gasteiger partial charge is 0.361 e. The molecule has 31 heavy (non-hydrogen) atoms. The minimum atomic E-state index is -4.50. The third kappa shape index (κ3) is 4.98. The van der Waals surface area contributed by atoms with Gasteiger partial charge in [0, 0.05) is 48.7 Å². The summed E-state index contributed by atoms with van der Waals surface area (Å²) in [4.78, 5) is 25.1. The van der Waals surface area contributed by atoms with E-state index in [0.29, 0.717) is 38.8 Å². The second kappa shape index (κ2) is 8.56. The number of fused-ring (bicyclic) bond motifs is 1. The van der Waals surface area contributed by atoms with Crippen molar-refractivity contribution in [1.82, 2.24) is 20.3 Å². The van der Waals surface area contributed by atoms with Crippen molar-refractivity contribution in [3.63, 3.8) is 0 Å². The molecule has 1 aliphatic rings. The van der Waals surface area contributed by atoms with E-state index >= 15 is 0 Å². The molecule has 9 heteroatoms. The third-order valence-electron chi connectivity index (χ3n) is 5.60. The fourth-order valence-corrected chi connectivity index (χ4v) is 4.00. The first kappa shape index (κ1) is 21.1. The number of rotatable bonds is 5. The summed E-state index contributed by atoms with van der Waals surface area (Å²) < 4.78 is 39.1. The van der Waals surface area contributed by atoms with E-state index in [4.69, 9.17) is 0 Å². The van der Waals surface area contributed by atoms with Crippen molar-refractivity contribution < 1.29 is 18.0 Å². The van der Waals surface area contributed by atoms with Gasteiger partial charge in [0.1, 0.15) is 17.3 Å². The maximum Gasteiger partial charge on any atom is 0.433 e. The molecule has 164 valence electrons. The Morgan fingerprint density at radius 2 is 1.97 bits per heavy atom. The standard InChI is InChI=1S/C22H24F3N5O/c1-14-27-19(22(23,24)25)12-20(28-14)30-10-8-16(9-11-30)29-21(31)7-6-15-13-26-18-5-3-2-4-17(15)18/h2-5,12-13,16,26H,6-11H2,1H3,(H,29,31). The van der Waals surface area contributed by atoms with Crippen LogP contribution in [0.4, 0.5) is 19.0 Å². The van der Waals surface area contributed by atoms with E-state index in [9.17, 15) is 18.0 Å². The Bertz CT molecular complexity index is 1070. The van der Waals surface area contributed by atoms with Crippen LogP contribution in [0, 0.1) is 6.92 Å². The summed E-state index contributed by atoms with van der Waals surface area (Å²) in [5.41, 5.74) is 1.24. The minimum absolute atomic E-state index is 0.0109. The fourth-order valence-electron chi connectivity index (χ4n) is 4.00. The number of amides is 1. The fraction of sp³-hybridized carbons (Fsp3) is 0.409. The van der Waals surface area contributed by atoms with Gasteiger partial charge in [0.2, 0.25) is 5.91 Å². The molecule has 6 nitrogen and oxygen atoms in total. The van der Waals surface area contributed by atoms with Gasteiger partial charge in [0.15, 0.2) is 0 Å². The minimum Gasteiger partial charge on any atom is -0.361 e. The number of aryl methyl sites for hydroxylation is 2. The summed E-state index contributed by atoms with van der Waals surface area (Å²) in [6.45, 7) is 2.52. The number of carbonyl (C=O) groups is 1. The number of aromatic amines is 1. The van der Waals surface area contributed by atoms with E-state index in [1.807, 2.05) is 35.4 Å². The molecule has 3 heterocycles. The van der Waals surface area contributed by atoms with Crippen LogP contribution in [0.1, 0.15) is 36.3 Å². The number of H-pyrrole nitrogens is 1. The number of aromatic nitrogens is 3. The zero-order chi connectivity index (χ0) is 22.0. The molecule has 0 atom stereocenters. The number of alkyl halides is 3. The number of hydrogen-bond donors (Lipinski definition) is 2. The van der Waals surface area contributed by atoms with Gasteiger partial charge in [0.25, 0.3) is 0 Å². The van der Waals surface area contributed by atoms with Gasteiger partial charge in [-0.1, -0.05) is 18.2 Å². The van der Waals surface area contributed by atoms with E-state index in [1.165, 1.54) is 6.92 Å². The monoisotopic (exact) mass is 431 g/mol. The van der Waals surface area contributed by atoms with E-state index in [0.717, 1.165) is 22.5 Å². The summed E-state index contributed by atoms with van der Waals surface area (Å²) in [6.07, 6.45) is -0.210. The molecule has 0 aliphatic carbocycles. The highest BCUT2D eigenvalue weighted by atomic mass is 19.4. The molecule has 1 amide bonds. The molecule has 1 aliphatic heterocycles. The quantitative estimate of drug-likeness (QED) is 0.640. The van der Waals surface area contributed by atoms with Gasteiger partial charge in [-0.05, 0) is 37.8 Å². The Kier molecular flexibility index (Phi) is 5.84. The lowest BCUT2D eigenvalue weighted by Gasteiger charge is -2.33. The van der Waals surface area contributed by atoms with E-state index < -0.39 is 11.9 Å². The summed E-state index contributed by atoms with van der Waals surface area (Å²) in [6, 6.07) is 8.99. The number of hydrogen-bond acceptors (Lipinski definition) is 4. The van der Waals surface area contributed by atoms with E-state index in [1.54, 1.807) is 0 Å². The Hall–Kier alpha value is -3.10. The van der Waals surface area contributed by atoms with Crippen molar-refractivity contribution >= 4 is 22.6 Å². The Balaban J connectivity index is 1.29. The Morgan fingerprint density at radius 3 is 2.71 bits per heavy atom. The molecule has 3 aromatic rings. The lowest BCUT2D eigenvalue weighted by molar-refractivity contribution is -0.141. The molecule has 1 fully saturated rings. The summed E-state index contributed by atoms with van der Waals surface area (Å²) in [5.74, 6) is 0.363. The maximum atomic E-state index is 13.0. The highest BCUT2D eigenvalue weighted by molar-refractivity contribution is 5.84. The predicted octanol–water partition coefficient (Wildman–Crippen LogP) is 4.00. The Morgan fingerprint density at radius 1 is 1.23 bits per heavy atom. The first-order valence-corrected chi connectivity index (χ1v) is 10.3. The van der Waals surface area contributed by atoms with Crippen LogP contribution in [0.2, 0.25) is 0 Å². The molecule has 0 unspecified atom stereocenters. The highest BCUT2D eigenvalue weighted by Gasteiger charge is 2.34. The molecule has 1 aromatic carbocycles. The predicted molar refractivity (Wildman–Crippen MR) is 112 cm³/mol. The SMILES string of the molecule is Cc1nc(N2CCC(NC(=O)CCc3c[nH]c4ccccc34)CC2)cc(C(F)(F)F)n1. The van der Waals surface area contributed by atoms with Crippen LogP contribution in [-0.4, -0.2) is 40.0 Å². The molecular formula is C22H24F3N5O. The number of para-hydroxylation sites is 1. The summed E-state index contributed by atoms with van der Waals surface area (Å²) >= 11 is 0. The number of carbonyl (C=O) groups excluding carboxylic acids is 1. The van der Waals surface area contributed by atoms with Crippen molar-refractivity contribution in [2.45, 2.75) is 44.8 Å². The number of piperidine rings is 1. The van der Waals surface area contributed by atoms with E-state index in [-0.39, 0.29) is 23.6 Å². The third-order valence-corrected chi connectivity index (χ3v) is 5.60. The number of benzene rings is 1. The average Bonchev–Trinajstić information content (AvgIpc) is 3.15. The zero-order valence-corrected chi connectivity index (χ0v) is 17.2. The van der Waals surface area contributed by atoms with Gasteiger partial charge in [-0.3, -0.25) is 4.79 Å². The molecule has 2 N–H and O–H groups in total. The average molecular weight is 431 g/mol. The summed E-state index contributed by atoms with van der Waals surface area (Å²) in [5, 5.41) is 4.19. The Labute approximate surface area is 177 Å². The van der Waals surface area contributed by atoms with Gasteiger partial charge in [-0.2, -0.15) is 13.2 Å². The van der Waals surface area contributed by atoms with Crippen LogP contribution in [0.15, 0.2) is 36.5 Å². The molecule has 1 saturated heterocycles. The van der Waals surface area contributed by atoms with Crippen LogP contribution >= 0.6 is 0 Å². The van der Waals surface area contributed by atoms with Crippen molar-refractivity contribution in [2.75, 3.05) is 18.0 Å². The van der Waals surface area contributed by atoms with Gasteiger partial charge >= 0.3 is 6.18 Å². The van der Waals surface area contributed by atoms with Gasteiger partial charge in [-0.25, -0.2) is 9.97 Å². The second-order valence-electron chi connectivity index (χ2n) is 7.84. The van der Waals surface area contributed by atoms with Crippen molar-refractivity contribution in [3.8, 4) is 0 Å². The van der Waals surface area contributed by atoms with Gasteiger partial charge < -0.3 is 15.2 Å². The maximum absolute atomic E-state index is 13.0. The number of nitrogens with zero attached hydrogens (tertiary/aromatic N) is 3. The van der Waals surface area contributed by atoms with Crippen LogP contribution in [0.25, 0.3) is 10.9 Å². The first-order valence-electron chi connectivity index (χ1n) is 10.3. The first-order chi connectivity index (χ1) is 14.8. The molecule has 0 radical (unpaired) electrons. The highest BCUT2D eigenvalue weighted by Crippen LogP contribution is 2.30. The molecular weight excluding hydrogens is 407 g/mol. The van der Waals surface area contributed by atoms with Crippen molar-refractivity contribution in [1.29, 1.82) is 0 Å². The van der Waals surface area contributed by atoms with Crippen LogP contribution in [-0.2, 0) is 17.4 Å². The zero-order valence-electron chi connectivity index (χ0n) is 17.2. The molecule has 0 saturated carbocycles. The van der Waals surface area contributed by atoms with Crippen LogP contribution in [0.3, 0.4) is 0 Å². The molecule has 0 bridgehead atoms. The number of anilines is 1. The van der Waals surface area contributed by atoms with Gasteiger partial charge in [-0.15, -0.1) is 0 Å². The lowest BCUT2D eigenvalue weighted by Crippen LogP contribution is -2.45.